The molecule has 2 aliphatic carbocycles. The highest BCUT2D eigenvalue weighted by Gasteiger charge is 2.65. The van der Waals surface area contributed by atoms with Gasteiger partial charge in [-0.25, -0.2) is 13.1 Å². The number of hydrogen-bond acceptors (Lipinski definition) is 5. The van der Waals surface area contributed by atoms with Crippen molar-refractivity contribution in [2.45, 2.75) is 51.7 Å². The van der Waals surface area contributed by atoms with Crippen LogP contribution in [0.2, 0.25) is 0 Å². The van der Waals surface area contributed by atoms with Crippen LogP contribution in [-0.2, 0) is 19.7 Å². The molecule has 1 aliphatic heterocycles. The zero-order valence-electron chi connectivity index (χ0n) is 15.9. The number of hydroxylamine groups is 1. The standard InChI is InChI=1S/C20H28N2O4S/c1-19(2)15-8-9-20(19,18(23)10-15)13-27(24,25)21-12-16-11-17(22-26-16)14-6-4-3-5-7-14/h3-7,15-17,21-22H,8-13H2,1-2H3. The van der Waals surface area contributed by atoms with E-state index in [0.29, 0.717) is 25.2 Å². The van der Waals surface area contributed by atoms with Crippen LogP contribution in [0.15, 0.2) is 30.3 Å². The quantitative estimate of drug-likeness (QED) is 0.776. The maximum Gasteiger partial charge on any atom is 0.212 e. The van der Waals surface area contributed by atoms with Gasteiger partial charge in [-0.05, 0) is 36.2 Å². The Morgan fingerprint density at radius 1 is 1.26 bits per heavy atom. The third kappa shape index (κ3) is 3.24. The highest BCUT2D eigenvalue weighted by atomic mass is 32.2. The second-order valence-electron chi connectivity index (χ2n) is 8.83. The molecular weight excluding hydrogens is 364 g/mol. The summed E-state index contributed by atoms with van der Waals surface area (Å²) in [5, 5.41) is 0. The van der Waals surface area contributed by atoms with E-state index >= 15 is 0 Å². The van der Waals surface area contributed by atoms with Gasteiger partial charge in [0.15, 0.2) is 0 Å². The fraction of sp³-hybridized carbons (Fsp3) is 0.650. The average molecular weight is 393 g/mol. The highest BCUT2D eigenvalue weighted by molar-refractivity contribution is 7.89. The van der Waals surface area contributed by atoms with Crippen LogP contribution in [0.3, 0.4) is 0 Å². The van der Waals surface area contributed by atoms with Gasteiger partial charge in [0.1, 0.15) is 5.78 Å². The molecule has 1 heterocycles. The van der Waals surface area contributed by atoms with Crippen molar-refractivity contribution in [1.29, 1.82) is 0 Å². The number of nitrogens with one attached hydrogen (secondary N) is 2. The van der Waals surface area contributed by atoms with Crippen molar-refractivity contribution in [3.05, 3.63) is 35.9 Å². The second kappa shape index (κ2) is 6.65. The smallest absolute Gasteiger partial charge is 0.212 e. The molecule has 2 bridgehead atoms. The molecule has 1 aromatic carbocycles. The lowest BCUT2D eigenvalue weighted by molar-refractivity contribution is -0.128. The van der Waals surface area contributed by atoms with Crippen molar-refractivity contribution in [3.8, 4) is 0 Å². The minimum Gasteiger partial charge on any atom is -0.299 e. The van der Waals surface area contributed by atoms with Crippen LogP contribution in [0.25, 0.3) is 0 Å². The fourth-order valence-corrected chi connectivity index (χ4v) is 7.12. The number of carbonyl (C=O) groups is 1. The third-order valence-electron chi connectivity index (χ3n) is 7.18. The SMILES string of the molecule is CC1(C)C2CCC1(CS(=O)(=O)NCC1CC(c3ccccc3)NO1)C(=O)C2. The zero-order chi connectivity index (χ0) is 19.3. The van der Waals surface area contributed by atoms with Gasteiger partial charge in [0.25, 0.3) is 0 Å². The van der Waals surface area contributed by atoms with Crippen LogP contribution < -0.4 is 10.2 Å². The van der Waals surface area contributed by atoms with Crippen molar-refractivity contribution < 1.29 is 18.0 Å². The Morgan fingerprint density at radius 3 is 2.63 bits per heavy atom. The molecule has 2 saturated carbocycles. The lowest BCUT2D eigenvalue weighted by Gasteiger charge is -2.36. The van der Waals surface area contributed by atoms with Crippen molar-refractivity contribution in [2.24, 2.45) is 16.7 Å². The second-order valence-corrected chi connectivity index (χ2v) is 10.6. The number of benzene rings is 1. The Hall–Kier alpha value is -1.28. The largest absolute Gasteiger partial charge is 0.299 e. The number of rotatable bonds is 6. The molecule has 7 heteroatoms. The van der Waals surface area contributed by atoms with Crippen LogP contribution in [0.5, 0.6) is 0 Å². The summed E-state index contributed by atoms with van der Waals surface area (Å²) in [6, 6.07) is 10.0. The van der Waals surface area contributed by atoms with Crippen LogP contribution in [0, 0.1) is 16.7 Å². The van der Waals surface area contributed by atoms with E-state index in [0.717, 1.165) is 12.0 Å². The monoisotopic (exact) mass is 392 g/mol. The molecule has 0 amide bonds. The fourth-order valence-electron chi connectivity index (χ4n) is 5.26. The lowest BCUT2D eigenvalue weighted by Crippen LogP contribution is -2.46. The molecule has 0 radical (unpaired) electrons. The van der Waals surface area contributed by atoms with E-state index < -0.39 is 15.4 Å². The van der Waals surface area contributed by atoms with Crippen LogP contribution >= 0.6 is 0 Å². The molecule has 4 atom stereocenters. The molecule has 1 saturated heterocycles. The number of carbonyl (C=O) groups excluding carboxylic acids is 1. The lowest BCUT2D eigenvalue weighted by atomic mass is 9.70. The van der Waals surface area contributed by atoms with Crippen molar-refractivity contribution >= 4 is 15.8 Å². The molecule has 4 unspecified atom stereocenters. The number of fused-ring (bicyclic) bond motifs is 2. The van der Waals surface area contributed by atoms with Gasteiger partial charge in [-0.2, -0.15) is 5.48 Å². The minimum atomic E-state index is -3.56. The van der Waals surface area contributed by atoms with Crippen molar-refractivity contribution in [3.63, 3.8) is 0 Å². The van der Waals surface area contributed by atoms with E-state index in [1.165, 1.54) is 0 Å². The van der Waals surface area contributed by atoms with Crippen molar-refractivity contribution in [1.82, 2.24) is 10.2 Å². The summed E-state index contributed by atoms with van der Waals surface area (Å²) in [5.74, 6) is 0.330. The molecule has 3 aliphatic rings. The predicted molar refractivity (Wildman–Crippen MR) is 102 cm³/mol. The molecular formula is C20H28N2O4S. The zero-order valence-corrected chi connectivity index (χ0v) is 16.7. The predicted octanol–water partition coefficient (Wildman–Crippen LogP) is 2.34. The Labute approximate surface area is 161 Å². The van der Waals surface area contributed by atoms with E-state index in [-0.39, 0.29) is 35.6 Å². The van der Waals surface area contributed by atoms with Gasteiger partial charge in [0.05, 0.1) is 17.9 Å². The summed E-state index contributed by atoms with van der Waals surface area (Å²) < 4.78 is 28.2. The Morgan fingerprint density at radius 2 is 2.00 bits per heavy atom. The van der Waals surface area contributed by atoms with Gasteiger partial charge < -0.3 is 0 Å². The molecule has 3 fully saturated rings. The molecule has 4 rings (SSSR count). The van der Waals surface area contributed by atoms with Gasteiger partial charge in [0, 0.05) is 18.4 Å². The maximum absolute atomic E-state index is 12.8. The summed E-state index contributed by atoms with van der Waals surface area (Å²) in [5.41, 5.74) is 3.13. The molecule has 0 spiro atoms. The number of hydrogen-bond donors (Lipinski definition) is 2. The highest BCUT2D eigenvalue weighted by Crippen LogP contribution is 2.64. The molecule has 6 nitrogen and oxygen atoms in total. The van der Waals surface area contributed by atoms with Gasteiger partial charge in [-0.3, -0.25) is 9.63 Å². The van der Waals surface area contributed by atoms with E-state index in [9.17, 15) is 13.2 Å². The minimum absolute atomic E-state index is 0.0604. The van der Waals surface area contributed by atoms with Crippen LogP contribution in [0.4, 0.5) is 0 Å². The van der Waals surface area contributed by atoms with Gasteiger partial charge >= 0.3 is 0 Å². The first kappa shape index (κ1) is 19.1. The number of Topliss-reactive ketones (excluding diaryl/α,β-unsaturated/α-hetero) is 1. The summed E-state index contributed by atoms with van der Waals surface area (Å²) >= 11 is 0. The number of ketones is 1. The van der Waals surface area contributed by atoms with Gasteiger partial charge in [-0.1, -0.05) is 44.2 Å². The van der Waals surface area contributed by atoms with E-state index in [2.05, 4.69) is 24.0 Å². The maximum atomic E-state index is 12.8. The Kier molecular flexibility index (Phi) is 4.70. The van der Waals surface area contributed by atoms with E-state index in [1.54, 1.807) is 0 Å². The van der Waals surface area contributed by atoms with Crippen LogP contribution in [-0.4, -0.2) is 32.6 Å². The Balaban J connectivity index is 1.37. The molecule has 0 aromatic heterocycles. The average Bonchev–Trinajstić information content (AvgIpc) is 3.24. The summed E-state index contributed by atoms with van der Waals surface area (Å²) in [7, 11) is -3.56. The number of sulfonamides is 1. The first-order valence-electron chi connectivity index (χ1n) is 9.70. The summed E-state index contributed by atoms with van der Waals surface area (Å²) in [6.07, 6.45) is 2.62. The van der Waals surface area contributed by atoms with Crippen molar-refractivity contribution in [2.75, 3.05) is 12.3 Å². The van der Waals surface area contributed by atoms with E-state index in [1.807, 2.05) is 30.3 Å². The summed E-state index contributed by atoms with van der Waals surface area (Å²) in [4.78, 5) is 18.1. The molecule has 148 valence electrons. The van der Waals surface area contributed by atoms with Crippen LogP contribution in [0.1, 0.15) is 51.1 Å². The van der Waals surface area contributed by atoms with E-state index in [4.69, 9.17) is 4.84 Å². The molecule has 1 aromatic rings. The Bertz CT molecular complexity index is 824. The topological polar surface area (TPSA) is 84.5 Å². The first-order chi connectivity index (χ1) is 12.7. The third-order valence-corrected chi connectivity index (χ3v) is 8.66. The molecule has 2 N–H and O–H groups in total. The normalized spacial score (nSPS) is 35.0. The van der Waals surface area contributed by atoms with Gasteiger partial charge in [-0.15, -0.1) is 0 Å². The summed E-state index contributed by atoms with van der Waals surface area (Å²) in [6.45, 7) is 4.33. The molecule has 27 heavy (non-hydrogen) atoms. The van der Waals surface area contributed by atoms with Gasteiger partial charge in [0.2, 0.25) is 10.0 Å². The first-order valence-corrected chi connectivity index (χ1v) is 11.4.